The second-order valence-corrected chi connectivity index (χ2v) is 9.70. The Kier molecular flexibility index (Phi) is 16.7. The van der Waals surface area contributed by atoms with Crippen molar-refractivity contribution in [2.24, 2.45) is 10.7 Å². The lowest BCUT2D eigenvalue weighted by molar-refractivity contribution is -0.119. The summed E-state index contributed by atoms with van der Waals surface area (Å²) < 4.78 is 12.5. The third-order valence-electron chi connectivity index (χ3n) is 6.41. The zero-order chi connectivity index (χ0) is 30.6. The summed E-state index contributed by atoms with van der Waals surface area (Å²) in [6.45, 7) is 8.24. The van der Waals surface area contributed by atoms with Crippen LogP contribution in [-0.4, -0.2) is 41.9 Å². The molecule has 0 heterocycles. The lowest BCUT2D eigenvalue weighted by atomic mass is 9.84. The molecule has 0 bridgehead atoms. The SMILES string of the molecule is C/C=C\C.C=C/C=C/N(Cc1ccc(C2CCCCC2)cc1)C(=O)N(C)C.NC(=O)C(N=C=O)c1ccc(F)cc1. The predicted octanol–water partition coefficient (Wildman–Crippen LogP) is 7.19. The largest absolute Gasteiger partial charge is 0.367 e. The van der Waals surface area contributed by atoms with Crippen molar-refractivity contribution in [3.8, 4) is 0 Å². The Morgan fingerprint density at radius 1 is 1.05 bits per heavy atom. The first-order valence-corrected chi connectivity index (χ1v) is 13.7. The summed E-state index contributed by atoms with van der Waals surface area (Å²) in [5.74, 6) is -0.495. The van der Waals surface area contributed by atoms with E-state index in [1.54, 1.807) is 42.2 Å². The quantitative estimate of drug-likeness (QED) is 0.160. The molecule has 1 aliphatic carbocycles. The van der Waals surface area contributed by atoms with Gasteiger partial charge < -0.3 is 10.6 Å². The number of nitrogens with zero attached hydrogens (tertiary/aromatic N) is 3. The highest BCUT2D eigenvalue weighted by Crippen LogP contribution is 2.32. The number of benzene rings is 2. The van der Waals surface area contributed by atoms with Crippen LogP contribution >= 0.6 is 0 Å². The number of allylic oxidation sites excluding steroid dienone is 4. The zero-order valence-corrected chi connectivity index (χ0v) is 24.6. The van der Waals surface area contributed by atoms with Gasteiger partial charge >= 0.3 is 6.03 Å². The highest BCUT2D eigenvalue weighted by Gasteiger charge is 2.17. The molecule has 2 aromatic rings. The van der Waals surface area contributed by atoms with Crippen molar-refractivity contribution >= 4 is 18.0 Å². The Morgan fingerprint density at radius 2 is 1.63 bits per heavy atom. The molecule has 0 saturated heterocycles. The van der Waals surface area contributed by atoms with Crippen molar-refractivity contribution in [2.75, 3.05) is 14.1 Å². The molecule has 0 aromatic heterocycles. The van der Waals surface area contributed by atoms with Crippen molar-refractivity contribution in [3.05, 3.63) is 108 Å². The number of amides is 3. The smallest absolute Gasteiger partial charge is 0.323 e. The van der Waals surface area contributed by atoms with Crippen LogP contribution in [0.3, 0.4) is 0 Å². The van der Waals surface area contributed by atoms with Crippen LogP contribution in [0, 0.1) is 5.82 Å². The van der Waals surface area contributed by atoms with Gasteiger partial charge in [0.1, 0.15) is 5.82 Å². The van der Waals surface area contributed by atoms with Crippen LogP contribution in [0.25, 0.3) is 0 Å². The van der Waals surface area contributed by atoms with Gasteiger partial charge in [-0.1, -0.05) is 80.5 Å². The van der Waals surface area contributed by atoms with Crippen molar-refractivity contribution in [1.29, 1.82) is 0 Å². The molecule has 2 aromatic carbocycles. The zero-order valence-electron chi connectivity index (χ0n) is 24.6. The summed E-state index contributed by atoms with van der Waals surface area (Å²) in [6, 6.07) is 12.7. The van der Waals surface area contributed by atoms with Crippen LogP contribution in [0.4, 0.5) is 9.18 Å². The van der Waals surface area contributed by atoms with E-state index in [2.05, 4.69) is 35.8 Å². The third-order valence-corrected chi connectivity index (χ3v) is 6.41. The molecule has 7 nitrogen and oxygen atoms in total. The van der Waals surface area contributed by atoms with Gasteiger partial charge in [-0.25, -0.2) is 14.0 Å². The first-order valence-electron chi connectivity index (χ1n) is 13.7. The molecule has 1 unspecified atom stereocenters. The van der Waals surface area contributed by atoms with Gasteiger partial charge in [0.25, 0.3) is 0 Å². The molecule has 1 saturated carbocycles. The normalized spacial score (nSPS) is 13.6. The van der Waals surface area contributed by atoms with E-state index >= 15 is 0 Å². The van der Waals surface area contributed by atoms with Crippen LogP contribution in [0.2, 0.25) is 0 Å². The van der Waals surface area contributed by atoms with Gasteiger partial charge in [-0.05, 0) is 67.5 Å². The second kappa shape index (κ2) is 19.7. The molecule has 8 heteroatoms. The van der Waals surface area contributed by atoms with Gasteiger partial charge in [0.2, 0.25) is 12.0 Å². The lowest BCUT2D eigenvalue weighted by Crippen LogP contribution is -2.35. The van der Waals surface area contributed by atoms with Crippen LogP contribution < -0.4 is 5.73 Å². The average molecular weight is 563 g/mol. The fourth-order valence-corrected chi connectivity index (χ4v) is 4.13. The van der Waals surface area contributed by atoms with Gasteiger partial charge in [0.05, 0.1) is 6.54 Å². The molecular formula is C33H43FN4O3. The monoisotopic (exact) mass is 562 g/mol. The number of carbonyl (C=O) groups is 2. The van der Waals surface area contributed by atoms with E-state index in [1.165, 1.54) is 55.9 Å². The number of aliphatic imine (C=N–C) groups is 1. The Morgan fingerprint density at radius 3 is 2.10 bits per heavy atom. The number of rotatable bonds is 8. The Labute approximate surface area is 243 Å². The number of primary amides is 1. The van der Waals surface area contributed by atoms with E-state index in [4.69, 9.17) is 5.73 Å². The summed E-state index contributed by atoms with van der Waals surface area (Å²) in [6.07, 6.45) is 17.2. The van der Waals surface area contributed by atoms with E-state index in [-0.39, 0.29) is 6.03 Å². The molecule has 2 N–H and O–H groups in total. The molecule has 41 heavy (non-hydrogen) atoms. The van der Waals surface area contributed by atoms with Gasteiger partial charge in [0, 0.05) is 20.3 Å². The predicted molar refractivity (Wildman–Crippen MR) is 163 cm³/mol. The maximum Gasteiger partial charge on any atom is 0.323 e. The van der Waals surface area contributed by atoms with E-state index in [9.17, 15) is 18.8 Å². The van der Waals surface area contributed by atoms with Crippen LogP contribution in [0.1, 0.15) is 74.6 Å². The molecule has 3 rings (SSSR count). The molecule has 1 aliphatic rings. The first-order chi connectivity index (χ1) is 19.7. The minimum atomic E-state index is -1.09. The molecule has 0 spiro atoms. The summed E-state index contributed by atoms with van der Waals surface area (Å²) in [4.78, 5) is 39.6. The minimum absolute atomic E-state index is 0.0283. The summed E-state index contributed by atoms with van der Waals surface area (Å²) in [5.41, 5.74) is 7.94. The number of hydrogen-bond acceptors (Lipinski definition) is 4. The Bertz CT molecular complexity index is 1170. The van der Waals surface area contributed by atoms with E-state index < -0.39 is 17.8 Å². The molecular weight excluding hydrogens is 519 g/mol. The van der Waals surface area contributed by atoms with Crippen molar-refractivity contribution in [3.63, 3.8) is 0 Å². The highest BCUT2D eigenvalue weighted by atomic mass is 19.1. The van der Waals surface area contributed by atoms with Gasteiger partial charge in [0.15, 0.2) is 6.04 Å². The average Bonchev–Trinajstić information content (AvgIpc) is 2.99. The Hall–Kier alpha value is -4.29. The molecule has 1 fully saturated rings. The van der Waals surface area contributed by atoms with Crippen molar-refractivity contribution in [2.45, 2.75) is 64.5 Å². The maximum atomic E-state index is 12.5. The maximum absolute atomic E-state index is 12.5. The highest BCUT2D eigenvalue weighted by molar-refractivity contribution is 5.82. The topological polar surface area (TPSA) is 96.1 Å². The fraction of sp³-hybridized carbons (Fsp3) is 0.364. The van der Waals surface area contributed by atoms with Gasteiger partial charge in [-0.3, -0.25) is 9.69 Å². The lowest BCUT2D eigenvalue weighted by Gasteiger charge is -2.24. The number of isocyanates is 1. The van der Waals surface area contributed by atoms with Crippen LogP contribution in [0.15, 0.2) is 90.6 Å². The molecule has 3 amide bonds. The van der Waals surface area contributed by atoms with Crippen molar-refractivity contribution < 1.29 is 18.8 Å². The summed E-state index contributed by atoms with van der Waals surface area (Å²) >= 11 is 0. The third kappa shape index (κ3) is 13.1. The van der Waals surface area contributed by atoms with E-state index in [0.717, 1.165) is 23.6 Å². The molecule has 1 atom stereocenters. The Balaban J connectivity index is 0.000000396. The van der Waals surface area contributed by atoms with Crippen molar-refractivity contribution in [1.82, 2.24) is 9.80 Å². The number of halogens is 1. The van der Waals surface area contributed by atoms with Crippen LogP contribution in [0.5, 0.6) is 0 Å². The number of hydrogen-bond donors (Lipinski definition) is 1. The van der Waals surface area contributed by atoms with E-state index in [0.29, 0.717) is 12.1 Å². The molecule has 220 valence electrons. The molecule has 0 aliphatic heterocycles. The second-order valence-electron chi connectivity index (χ2n) is 9.70. The van der Waals surface area contributed by atoms with Gasteiger partial charge in [-0.15, -0.1) is 0 Å². The first kappa shape index (κ1) is 34.7. The van der Waals surface area contributed by atoms with Crippen LogP contribution in [-0.2, 0) is 16.1 Å². The summed E-state index contributed by atoms with van der Waals surface area (Å²) in [7, 11) is 3.53. The summed E-state index contributed by atoms with van der Waals surface area (Å²) in [5, 5.41) is 0. The number of urea groups is 1. The van der Waals surface area contributed by atoms with E-state index in [1.807, 2.05) is 26.0 Å². The molecule has 0 radical (unpaired) electrons. The number of carbonyl (C=O) groups excluding carboxylic acids is 3. The standard InChI is InChI=1S/C20H28N2O.C9H7FN2O2.C4H8/c1-4-5-15-22(20(23)21(2)3)16-17-11-13-19(14-12-17)18-9-7-6-8-10-18;10-7-3-1-6(2-4-7)8(9(11)14)12-5-13;1-3-4-2/h4-5,11-15,18H,1,6-10,16H2,2-3H3;1-4,8H,(H2,11,14);3-4H,1-2H3/b15-5+;;4-3-. The minimum Gasteiger partial charge on any atom is -0.367 e. The van der Waals surface area contributed by atoms with Gasteiger partial charge in [-0.2, -0.15) is 4.99 Å². The number of nitrogens with two attached hydrogens (primary N) is 1. The fourth-order valence-electron chi connectivity index (χ4n) is 4.13.